The number of benzene rings is 1. The van der Waals surface area contributed by atoms with E-state index in [4.69, 9.17) is 9.72 Å². The topological polar surface area (TPSA) is 92.3 Å². The number of hydrogen-bond donors (Lipinski definition) is 2. The van der Waals surface area contributed by atoms with E-state index in [1.54, 1.807) is 17.5 Å². The fourth-order valence-electron chi connectivity index (χ4n) is 3.71. The number of amides is 1. The van der Waals surface area contributed by atoms with Gasteiger partial charge in [0.05, 0.1) is 41.5 Å². The van der Waals surface area contributed by atoms with Crippen molar-refractivity contribution in [3.63, 3.8) is 0 Å². The van der Waals surface area contributed by atoms with Gasteiger partial charge in [0.1, 0.15) is 5.82 Å². The normalized spacial score (nSPS) is 13.9. The number of anilines is 4. The Kier molecular flexibility index (Phi) is 6.37. The van der Waals surface area contributed by atoms with Gasteiger partial charge in [0.25, 0.3) is 0 Å². The van der Waals surface area contributed by atoms with Crippen LogP contribution in [0.1, 0.15) is 13.8 Å². The summed E-state index contributed by atoms with van der Waals surface area (Å²) in [5.74, 6) is 1.37. The predicted molar refractivity (Wildman–Crippen MR) is 137 cm³/mol. The van der Waals surface area contributed by atoms with E-state index in [0.29, 0.717) is 5.95 Å². The van der Waals surface area contributed by atoms with Crippen molar-refractivity contribution in [1.82, 2.24) is 15.0 Å². The minimum atomic E-state index is -0.0792. The van der Waals surface area contributed by atoms with E-state index in [1.165, 1.54) is 0 Å². The summed E-state index contributed by atoms with van der Waals surface area (Å²) < 4.78 is 6.41. The molecule has 4 aromatic rings. The number of carbonyl (C=O) groups is 1. The van der Waals surface area contributed by atoms with Crippen LogP contribution in [0.4, 0.5) is 23.1 Å². The molecule has 0 unspecified atom stereocenters. The van der Waals surface area contributed by atoms with Crippen LogP contribution in [0.2, 0.25) is 0 Å². The Morgan fingerprint density at radius 2 is 1.94 bits per heavy atom. The summed E-state index contributed by atoms with van der Waals surface area (Å²) in [6, 6.07) is 11.8. The molecule has 1 saturated heterocycles. The zero-order chi connectivity index (χ0) is 23.5. The van der Waals surface area contributed by atoms with Crippen LogP contribution in [0, 0.1) is 5.92 Å². The van der Waals surface area contributed by atoms with Crippen LogP contribution in [-0.4, -0.2) is 47.2 Å². The Labute approximate surface area is 202 Å². The molecule has 1 aliphatic rings. The average molecular weight is 475 g/mol. The summed E-state index contributed by atoms with van der Waals surface area (Å²) in [4.78, 5) is 28.2. The van der Waals surface area contributed by atoms with Gasteiger partial charge in [0.15, 0.2) is 0 Å². The molecule has 8 nitrogen and oxygen atoms in total. The maximum Gasteiger partial charge on any atom is 0.227 e. The molecule has 3 aromatic heterocycles. The van der Waals surface area contributed by atoms with Crippen molar-refractivity contribution in [2.75, 3.05) is 41.8 Å². The first-order chi connectivity index (χ1) is 16.6. The molecule has 4 heterocycles. The van der Waals surface area contributed by atoms with Gasteiger partial charge in [-0.05, 0) is 29.8 Å². The average Bonchev–Trinajstić information content (AvgIpc) is 3.28. The standard InChI is InChI=1S/C25H26N6O2S/c1-16(2)24(32)28-18-5-3-4-17(12-18)20-15-34-21-14-27-25(30-23(20)21)29-19-6-7-22(26-13-19)31-8-10-33-11-9-31/h3-7,12-16H,8-11H2,1-2H3,(H,28,32)(H,27,29,30). The van der Waals surface area contributed by atoms with Crippen LogP contribution in [0.15, 0.2) is 54.2 Å². The van der Waals surface area contributed by atoms with Crippen LogP contribution in [0.25, 0.3) is 21.3 Å². The minimum absolute atomic E-state index is 0.00520. The number of fused-ring (bicyclic) bond motifs is 1. The summed E-state index contributed by atoms with van der Waals surface area (Å²) in [6.07, 6.45) is 3.63. The Hall–Kier alpha value is -3.56. The molecule has 5 rings (SSSR count). The summed E-state index contributed by atoms with van der Waals surface area (Å²) in [6.45, 7) is 6.91. The Morgan fingerprint density at radius 3 is 2.71 bits per heavy atom. The van der Waals surface area contributed by atoms with E-state index < -0.39 is 0 Å². The summed E-state index contributed by atoms with van der Waals surface area (Å²) in [5, 5.41) is 8.30. The molecule has 34 heavy (non-hydrogen) atoms. The number of nitrogens with zero attached hydrogens (tertiary/aromatic N) is 4. The van der Waals surface area contributed by atoms with Crippen molar-refractivity contribution in [3.8, 4) is 11.1 Å². The number of pyridine rings is 1. The van der Waals surface area contributed by atoms with Gasteiger partial charge < -0.3 is 20.3 Å². The van der Waals surface area contributed by atoms with Gasteiger partial charge in [-0.1, -0.05) is 26.0 Å². The SMILES string of the molecule is CC(C)C(=O)Nc1cccc(-c2csc3cnc(Nc4ccc(N5CCOCC5)nc4)nc23)c1. The predicted octanol–water partition coefficient (Wildman–Crippen LogP) is 4.93. The summed E-state index contributed by atoms with van der Waals surface area (Å²) in [5.41, 5.74) is 4.47. The van der Waals surface area contributed by atoms with E-state index in [2.05, 4.69) is 30.9 Å². The lowest BCUT2D eigenvalue weighted by Gasteiger charge is -2.27. The number of rotatable bonds is 6. The van der Waals surface area contributed by atoms with Crippen LogP contribution >= 0.6 is 11.3 Å². The highest BCUT2D eigenvalue weighted by atomic mass is 32.1. The first-order valence-corrected chi connectivity index (χ1v) is 12.2. The second kappa shape index (κ2) is 9.74. The van der Waals surface area contributed by atoms with Gasteiger partial charge in [-0.25, -0.2) is 15.0 Å². The maximum absolute atomic E-state index is 12.1. The maximum atomic E-state index is 12.1. The van der Waals surface area contributed by atoms with Crippen molar-refractivity contribution in [1.29, 1.82) is 0 Å². The van der Waals surface area contributed by atoms with E-state index in [0.717, 1.165) is 64.8 Å². The zero-order valence-electron chi connectivity index (χ0n) is 19.1. The molecule has 0 bridgehead atoms. The van der Waals surface area contributed by atoms with Gasteiger partial charge in [0, 0.05) is 35.6 Å². The lowest BCUT2D eigenvalue weighted by molar-refractivity contribution is -0.118. The highest BCUT2D eigenvalue weighted by molar-refractivity contribution is 7.17. The molecule has 1 amide bonds. The van der Waals surface area contributed by atoms with Crippen LogP contribution in [-0.2, 0) is 9.53 Å². The number of aromatic nitrogens is 3. The monoisotopic (exact) mass is 474 g/mol. The molecule has 0 saturated carbocycles. The van der Waals surface area contributed by atoms with Crippen molar-refractivity contribution in [3.05, 3.63) is 54.2 Å². The smallest absolute Gasteiger partial charge is 0.227 e. The molecule has 0 spiro atoms. The van der Waals surface area contributed by atoms with Gasteiger partial charge in [0.2, 0.25) is 11.9 Å². The quantitative estimate of drug-likeness (QED) is 0.409. The molecule has 1 fully saturated rings. The largest absolute Gasteiger partial charge is 0.378 e. The Morgan fingerprint density at radius 1 is 1.09 bits per heavy atom. The molecule has 1 aliphatic heterocycles. The van der Waals surface area contributed by atoms with E-state index in [-0.39, 0.29) is 11.8 Å². The number of morpholine rings is 1. The Bertz CT molecular complexity index is 1300. The molecule has 0 aliphatic carbocycles. The van der Waals surface area contributed by atoms with Crippen molar-refractivity contribution < 1.29 is 9.53 Å². The van der Waals surface area contributed by atoms with Gasteiger partial charge >= 0.3 is 0 Å². The number of thiophene rings is 1. The second-order valence-electron chi connectivity index (χ2n) is 8.41. The second-order valence-corrected chi connectivity index (χ2v) is 9.32. The lowest BCUT2D eigenvalue weighted by Crippen LogP contribution is -2.36. The Balaban J connectivity index is 1.37. The van der Waals surface area contributed by atoms with Crippen molar-refractivity contribution in [2.24, 2.45) is 5.92 Å². The third-order valence-corrected chi connectivity index (χ3v) is 6.52. The highest BCUT2D eigenvalue weighted by Gasteiger charge is 2.14. The summed E-state index contributed by atoms with van der Waals surface area (Å²) in [7, 11) is 0. The van der Waals surface area contributed by atoms with Crippen molar-refractivity contribution >= 4 is 50.6 Å². The fraction of sp³-hybridized carbons (Fsp3) is 0.280. The molecule has 9 heteroatoms. The zero-order valence-corrected chi connectivity index (χ0v) is 19.9. The van der Waals surface area contributed by atoms with Gasteiger partial charge in [-0.2, -0.15) is 0 Å². The molecular weight excluding hydrogens is 448 g/mol. The fourth-order valence-corrected chi connectivity index (χ4v) is 4.59. The van der Waals surface area contributed by atoms with E-state index in [9.17, 15) is 4.79 Å². The number of carbonyl (C=O) groups excluding carboxylic acids is 1. The summed E-state index contributed by atoms with van der Waals surface area (Å²) >= 11 is 1.60. The third kappa shape index (κ3) is 4.85. The lowest BCUT2D eigenvalue weighted by atomic mass is 10.1. The van der Waals surface area contributed by atoms with Gasteiger partial charge in [-0.15, -0.1) is 11.3 Å². The first-order valence-electron chi connectivity index (χ1n) is 11.3. The number of hydrogen-bond acceptors (Lipinski definition) is 8. The molecule has 0 atom stereocenters. The van der Waals surface area contributed by atoms with Crippen LogP contribution in [0.5, 0.6) is 0 Å². The van der Waals surface area contributed by atoms with E-state index in [1.807, 2.05) is 56.4 Å². The van der Waals surface area contributed by atoms with Crippen LogP contribution < -0.4 is 15.5 Å². The van der Waals surface area contributed by atoms with Crippen molar-refractivity contribution in [2.45, 2.75) is 13.8 Å². The molecule has 2 N–H and O–H groups in total. The number of ether oxygens (including phenoxy) is 1. The van der Waals surface area contributed by atoms with E-state index >= 15 is 0 Å². The molecule has 174 valence electrons. The molecule has 0 radical (unpaired) electrons. The molecular formula is C25H26N6O2S. The number of nitrogens with one attached hydrogen (secondary N) is 2. The first kappa shape index (κ1) is 22.2. The van der Waals surface area contributed by atoms with Crippen LogP contribution in [0.3, 0.4) is 0 Å². The molecule has 1 aromatic carbocycles. The highest BCUT2D eigenvalue weighted by Crippen LogP contribution is 2.34. The minimum Gasteiger partial charge on any atom is -0.378 e. The van der Waals surface area contributed by atoms with Gasteiger partial charge in [-0.3, -0.25) is 4.79 Å². The third-order valence-electron chi connectivity index (χ3n) is 5.62.